The normalized spacial score (nSPS) is 26.3. The van der Waals surface area contributed by atoms with Crippen molar-refractivity contribution in [1.29, 1.82) is 0 Å². The highest BCUT2D eigenvalue weighted by Gasteiger charge is 2.29. The number of carbonyl (C=O) groups excluding carboxylic acids is 1. The Morgan fingerprint density at radius 1 is 1.82 bits per heavy atom. The first-order valence-electron chi connectivity index (χ1n) is 3.63. The van der Waals surface area contributed by atoms with Gasteiger partial charge in [-0.25, -0.2) is 0 Å². The molecular formula is C7H11NO3. The lowest BCUT2D eigenvalue weighted by Gasteiger charge is -2.13. The summed E-state index contributed by atoms with van der Waals surface area (Å²) in [5, 5.41) is 11.2. The van der Waals surface area contributed by atoms with Crippen molar-refractivity contribution in [3.05, 3.63) is 0 Å². The monoisotopic (exact) mass is 157 g/mol. The number of nitrogens with one attached hydrogen (secondary N) is 1. The third-order valence-corrected chi connectivity index (χ3v) is 2.02. The summed E-state index contributed by atoms with van der Waals surface area (Å²) >= 11 is 0. The zero-order valence-corrected chi connectivity index (χ0v) is 6.33. The minimum Gasteiger partial charge on any atom is -0.481 e. The van der Waals surface area contributed by atoms with Crippen LogP contribution in [-0.4, -0.2) is 23.0 Å². The van der Waals surface area contributed by atoms with Gasteiger partial charge >= 0.3 is 5.97 Å². The van der Waals surface area contributed by atoms with Crippen LogP contribution in [0.4, 0.5) is 0 Å². The number of amides is 1. The lowest BCUT2D eigenvalue weighted by molar-refractivity contribution is -0.142. The van der Waals surface area contributed by atoms with Crippen molar-refractivity contribution in [2.45, 2.75) is 25.8 Å². The number of aliphatic carboxylic acids is 1. The third kappa shape index (κ3) is 1.69. The van der Waals surface area contributed by atoms with Crippen LogP contribution in [0.25, 0.3) is 0 Å². The molecule has 0 saturated carbocycles. The Hall–Kier alpha value is -1.06. The van der Waals surface area contributed by atoms with Crippen molar-refractivity contribution in [2.75, 3.05) is 0 Å². The van der Waals surface area contributed by atoms with E-state index in [0.29, 0.717) is 12.8 Å². The summed E-state index contributed by atoms with van der Waals surface area (Å²) in [6.45, 7) is 1.61. The fourth-order valence-corrected chi connectivity index (χ4v) is 1.18. The predicted molar refractivity (Wildman–Crippen MR) is 38.0 cm³/mol. The predicted octanol–water partition coefficient (Wildman–Crippen LogP) is -0.0143. The molecule has 0 bridgehead atoms. The fourth-order valence-electron chi connectivity index (χ4n) is 1.18. The van der Waals surface area contributed by atoms with Gasteiger partial charge in [0.1, 0.15) is 0 Å². The number of carboxylic acid groups (broad SMARTS) is 1. The molecular weight excluding hydrogens is 146 g/mol. The molecule has 1 fully saturated rings. The lowest BCUT2D eigenvalue weighted by Crippen LogP contribution is -2.35. The van der Waals surface area contributed by atoms with E-state index < -0.39 is 11.9 Å². The van der Waals surface area contributed by atoms with Gasteiger partial charge in [0.05, 0.1) is 5.92 Å². The SMILES string of the molecule is CC(C(=O)O)[C@H]1CCC(=O)N1. The second-order valence-electron chi connectivity index (χ2n) is 2.84. The van der Waals surface area contributed by atoms with Gasteiger partial charge in [0, 0.05) is 12.5 Å². The van der Waals surface area contributed by atoms with Gasteiger partial charge in [-0.15, -0.1) is 0 Å². The van der Waals surface area contributed by atoms with E-state index in [4.69, 9.17) is 5.11 Å². The molecule has 11 heavy (non-hydrogen) atoms. The molecule has 0 aromatic carbocycles. The van der Waals surface area contributed by atoms with Crippen molar-refractivity contribution in [3.63, 3.8) is 0 Å². The Balaban J connectivity index is 2.49. The molecule has 1 aliphatic heterocycles. The van der Waals surface area contributed by atoms with Crippen molar-refractivity contribution in [1.82, 2.24) is 5.32 Å². The van der Waals surface area contributed by atoms with E-state index in [1.165, 1.54) is 0 Å². The van der Waals surface area contributed by atoms with Crippen LogP contribution >= 0.6 is 0 Å². The molecule has 1 aliphatic rings. The highest BCUT2D eigenvalue weighted by atomic mass is 16.4. The first-order valence-corrected chi connectivity index (χ1v) is 3.63. The van der Waals surface area contributed by atoms with Crippen molar-refractivity contribution >= 4 is 11.9 Å². The summed E-state index contributed by atoms with van der Waals surface area (Å²) in [6, 6.07) is -0.167. The van der Waals surface area contributed by atoms with E-state index in [1.54, 1.807) is 6.92 Å². The van der Waals surface area contributed by atoms with E-state index >= 15 is 0 Å². The Bertz CT molecular complexity index is 190. The molecule has 0 spiro atoms. The average Bonchev–Trinajstić information content (AvgIpc) is 2.34. The molecule has 0 radical (unpaired) electrons. The van der Waals surface area contributed by atoms with Crippen LogP contribution in [-0.2, 0) is 9.59 Å². The summed E-state index contributed by atoms with van der Waals surface area (Å²) in [4.78, 5) is 21.1. The molecule has 0 aromatic rings. The number of carboxylic acids is 1. The van der Waals surface area contributed by atoms with Gasteiger partial charge in [-0.2, -0.15) is 0 Å². The Labute approximate surface area is 64.6 Å². The van der Waals surface area contributed by atoms with Gasteiger partial charge in [-0.05, 0) is 13.3 Å². The molecule has 2 N–H and O–H groups in total. The quantitative estimate of drug-likeness (QED) is 0.592. The molecule has 0 aromatic heterocycles. The molecule has 4 heteroatoms. The average molecular weight is 157 g/mol. The number of carbonyl (C=O) groups is 2. The van der Waals surface area contributed by atoms with Gasteiger partial charge in [-0.1, -0.05) is 0 Å². The van der Waals surface area contributed by atoms with Crippen LogP contribution in [0.5, 0.6) is 0 Å². The van der Waals surface area contributed by atoms with E-state index in [9.17, 15) is 9.59 Å². The maximum Gasteiger partial charge on any atom is 0.308 e. The van der Waals surface area contributed by atoms with Gasteiger partial charge in [0.25, 0.3) is 0 Å². The molecule has 0 aliphatic carbocycles. The highest BCUT2D eigenvalue weighted by molar-refractivity contribution is 5.80. The highest BCUT2D eigenvalue weighted by Crippen LogP contribution is 2.15. The van der Waals surface area contributed by atoms with Crippen LogP contribution in [0.15, 0.2) is 0 Å². The molecule has 62 valence electrons. The Morgan fingerprint density at radius 2 is 2.45 bits per heavy atom. The van der Waals surface area contributed by atoms with E-state index in [2.05, 4.69) is 5.32 Å². The van der Waals surface area contributed by atoms with Crippen molar-refractivity contribution in [2.24, 2.45) is 5.92 Å². The fraction of sp³-hybridized carbons (Fsp3) is 0.714. The maximum atomic E-state index is 10.7. The zero-order chi connectivity index (χ0) is 8.43. The smallest absolute Gasteiger partial charge is 0.308 e. The first kappa shape index (κ1) is 8.04. The van der Waals surface area contributed by atoms with Crippen LogP contribution in [0.2, 0.25) is 0 Å². The summed E-state index contributed by atoms with van der Waals surface area (Å²) in [5.41, 5.74) is 0. The lowest BCUT2D eigenvalue weighted by atomic mass is 10.0. The summed E-state index contributed by atoms with van der Waals surface area (Å²) < 4.78 is 0. The Kier molecular flexibility index (Phi) is 2.12. The molecule has 1 amide bonds. The number of hydrogen-bond acceptors (Lipinski definition) is 2. The van der Waals surface area contributed by atoms with Crippen LogP contribution in [0.1, 0.15) is 19.8 Å². The second kappa shape index (κ2) is 2.90. The maximum absolute atomic E-state index is 10.7. The Morgan fingerprint density at radius 3 is 2.82 bits per heavy atom. The minimum absolute atomic E-state index is 0.0388. The van der Waals surface area contributed by atoms with Gasteiger partial charge in [0.15, 0.2) is 0 Å². The molecule has 2 atom stereocenters. The van der Waals surface area contributed by atoms with Gasteiger partial charge in [0.2, 0.25) is 5.91 Å². The molecule has 1 rings (SSSR count). The molecule has 1 saturated heterocycles. The molecule has 4 nitrogen and oxygen atoms in total. The van der Waals surface area contributed by atoms with Crippen molar-refractivity contribution in [3.8, 4) is 0 Å². The van der Waals surface area contributed by atoms with E-state index in [1.807, 2.05) is 0 Å². The molecule has 1 heterocycles. The standard InChI is InChI=1S/C7H11NO3/c1-4(7(10)11)5-2-3-6(9)8-5/h4-5H,2-3H2,1H3,(H,8,9)(H,10,11)/t4?,5-/m1/s1. The minimum atomic E-state index is -0.850. The van der Waals surface area contributed by atoms with Crippen LogP contribution in [0.3, 0.4) is 0 Å². The summed E-state index contributed by atoms with van der Waals surface area (Å²) in [7, 11) is 0. The largest absolute Gasteiger partial charge is 0.481 e. The van der Waals surface area contributed by atoms with E-state index in [-0.39, 0.29) is 11.9 Å². The van der Waals surface area contributed by atoms with Gasteiger partial charge in [-0.3, -0.25) is 9.59 Å². The van der Waals surface area contributed by atoms with Crippen molar-refractivity contribution < 1.29 is 14.7 Å². The van der Waals surface area contributed by atoms with Crippen LogP contribution < -0.4 is 5.32 Å². The first-order chi connectivity index (χ1) is 5.11. The summed E-state index contributed by atoms with van der Waals surface area (Å²) in [5.74, 6) is -1.36. The molecule has 1 unspecified atom stereocenters. The number of hydrogen-bond donors (Lipinski definition) is 2. The van der Waals surface area contributed by atoms with Gasteiger partial charge < -0.3 is 10.4 Å². The summed E-state index contributed by atoms with van der Waals surface area (Å²) in [6.07, 6.45) is 1.11. The topological polar surface area (TPSA) is 66.4 Å². The second-order valence-corrected chi connectivity index (χ2v) is 2.84. The third-order valence-electron chi connectivity index (χ3n) is 2.02. The number of rotatable bonds is 2. The zero-order valence-electron chi connectivity index (χ0n) is 6.33. The van der Waals surface area contributed by atoms with Crippen LogP contribution in [0, 0.1) is 5.92 Å². The van der Waals surface area contributed by atoms with E-state index in [0.717, 1.165) is 0 Å².